The average Bonchev–Trinajstić information content (AvgIpc) is 3.39. The van der Waals surface area contributed by atoms with Crippen molar-refractivity contribution in [3.05, 3.63) is 235 Å². The molecule has 4 nitrogen and oxygen atoms in total. The summed E-state index contributed by atoms with van der Waals surface area (Å²) in [4.78, 5) is 15.7. The molecular weight excluding hydrogens is 801 g/mol. The van der Waals surface area contributed by atoms with Crippen molar-refractivity contribution >= 4 is 21.5 Å². The maximum absolute atomic E-state index is 10.8. The van der Waals surface area contributed by atoms with Crippen LogP contribution in [0.4, 0.5) is 0 Å². The predicted molar refractivity (Wildman–Crippen MR) is 273 cm³/mol. The van der Waals surface area contributed by atoms with Gasteiger partial charge in [-0.25, -0.2) is 15.0 Å². The van der Waals surface area contributed by atoms with Crippen molar-refractivity contribution in [1.82, 2.24) is 15.0 Å². The van der Waals surface area contributed by atoms with Crippen molar-refractivity contribution < 1.29 is 0 Å². The number of hydrogen-bond acceptors (Lipinski definition) is 4. The van der Waals surface area contributed by atoms with E-state index in [1.807, 2.05) is 42.5 Å². The Bertz CT molecular complexity index is 3400. The zero-order valence-electron chi connectivity index (χ0n) is 36.6. The molecule has 66 heavy (non-hydrogen) atoms. The van der Waals surface area contributed by atoms with Gasteiger partial charge in [0.1, 0.15) is 6.07 Å². The summed E-state index contributed by atoms with van der Waals surface area (Å²) in [6, 6.07) is 78.2. The van der Waals surface area contributed by atoms with Gasteiger partial charge < -0.3 is 0 Å². The van der Waals surface area contributed by atoms with Crippen molar-refractivity contribution in [1.29, 1.82) is 5.26 Å². The van der Waals surface area contributed by atoms with E-state index in [0.717, 1.165) is 94.9 Å². The molecule has 0 unspecified atom stereocenters. The lowest BCUT2D eigenvalue weighted by Gasteiger charge is -2.17. The Morgan fingerprint density at radius 3 is 1.36 bits per heavy atom. The lowest BCUT2D eigenvalue weighted by atomic mass is 9.90. The molecule has 9 aromatic carbocycles. The second kappa shape index (κ2) is 17.1. The van der Waals surface area contributed by atoms with Crippen molar-refractivity contribution in [3.8, 4) is 95.9 Å². The summed E-state index contributed by atoms with van der Waals surface area (Å²) < 4.78 is 0. The number of nitriles is 1. The van der Waals surface area contributed by atoms with Gasteiger partial charge >= 0.3 is 0 Å². The molecule has 0 aliphatic carbocycles. The van der Waals surface area contributed by atoms with Gasteiger partial charge in [0.2, 0.25) is 0 Å². The number of pyridine rings is 1. The van der Waals surface area contributed by atoms with E-state index in [9.17, 15) is 5.26 Å². The van der Waals surface area contributed by atoms with E-state index in [0.29, 0.717) is 11.4 Å². The fourth-order valence-electron chi connectivity index (χ4n) is 9.36. The number of aromatic nitrogens is 3. The molecule has 2 aromatic heterocycles. The Balaban J connectivity index is 0.959. The first kappa shape index (κ1) is 40.0. The Morgan fingerprint density at radius 2 is 0.773 bits per heavy atom. The van der Waals surface area contributed by atoms with Crippen molar-refractivity contribution in [3.63, 3.8) is 0 Å². The highest BCUT2D eigenvalue weighted by atomic mass is 14.9. The first-order valence-electron chi connectivity index (χ1n) is 22.2. The monoisotopic (exact) mass is 842 g/mol. The summed E-state index contributed by atoms with van der Waals surface area (Å²) in [5.74, 6) is 0.675. The third-order valence-corrected chi connectivity index (χ3v) is 12.8. The fourth-order valence-corrected chi connectivity index (χ4v) is 9.36. The molecule has 2 heterocycles. The highest BCUT2D eigenvalue weighted by Gasteiger charge is 2.20. The minimum atomic E-state index is 0.624. The summed E-state index contributed by atoms with van der Waals surface area (Å²) >= 11 is 0. The smallest absolute Gasteiger partial charge is 0.160 e. The van der Waals surface area contributed by atoms with Crippen LogP contribution < -0.4 is 0 Å². The highest BCUT2D eigenvalue weighted by Crippen LogP contribution is 2.40. The van der Waals surface area contributed by atoms with Gasteiger partial charge in [-0.05, 0) is 69.3 Å². The third kappa shape index (κ3) is 7.29. The molecule has 0 fully saturated rings. The topological polar surface area (TPSA) is 62.5 Å². The van der Waals surface area contributed by atoms with Crippen LogP contribution in [0.1, 0.15) is 16.7 Å². The largest absolute Gasteiger partial charge is 0.247 e. The number of benzene rings is 9. The van der Waals surface area contributed by atoms with Gasteiger partial charge in [-0.15, -0.1) is 0 Å². The van der Waals surface area contributed by atoms with Crippen molar-refractivity contribution in [2.75, 3.05) is 0 Å². The number of fused-ring (bicyclic) bond motifs is 2. The molecule has 11 rings (SSSR count). The molecule has 0 saturated heterocycles. The van der Waals surface area contributed by atoms with Crippen LogP contribution in [-0.2, 0) is 0 Å². The molecule has 0 amide bonds. The van der Waals surface area contributed by atoms with Crippen LogP contribution in [0.5, 0.6) is 0 Å². The number of rotatable bonds is 8. The lowest BCUT2D eigenvalue weighted by molar-refractivity contribution is 1.15. The van der Waals surface area contributed by atoms with E-state index in [-0.39, 0.29) is 0 Å². The first-order chi connectivity index (χ1) is 32.5. The highest BCUT2D eigenvalue weighted by molar-refractivity contribution is 6.00. The van der Waals surface area contributed by atoms with E-state index in [1.54, 1.807) is 0 Å². The van der Waals surface area contributed by atoms with Crippen molar-refractivity contribution in [2.45, 2.75) is 13.8 Å². The van der Waals surface area contributed by atoms with E-state index in [1.165, 1.54) is 21.7 Å². The summed E-state index contributed by atoms with van der Waals surface area (Å²) in [5.41, 5.74) is 17.5. The molecule has 4 heteroatoms. The van der Waals surface area contributed by atoms with Crippen LogP contribution in [0, 0.1) is 25.2 Å². The summed E-state index contributed by atoms with van der Waals surface area (Å²) in [6.07, 6.45) is 0. The van der Waals surface area contributed by atoms with Crippen LogP contribution >= 0.6 is 0 Å². The van der Waals surface area contributed by atoms with Crippen LogP contribution in [0.15, 0.2) is 218 Å². The number of nitrogens with zero attached hydrogens (tertiary/aromatic N) is 4. The van der Waals surface area contributed by atoms with Crippen molar-refractivity contribution in [2.24, 2.45) is 0 Å². The molecule has 0 atom stereocenters. The van der Waals surface area contributed by atoms with Gasteiger partial charge in [0, 0.05) is 44.5 Å². The van der Waals surface area contributed by atoms with Crippen LogP contribution in [0.25, 0.3) is 111 Å². The minimum Gasteiger partial charge on any atom is -0.247 e. The third-order valence-electron chi connectivity index (χ3n) is 12.8. The molecular formula is C62H42N4. The fraction of sp³-hybridized carbons (Fsp3) is 0.0323. The second-order valence-corrected chi connectivity index (χ2v) is 16.7. The molecule has 0 saturated carbocycles. The molecule has 11 aromatic rings. The van der Waals surface area contributed by atoms with Crippen LogP contribution in [0.3, 0.4) is 0 Å². The zero-order chi connectivity index (χ0) is 44.6. The zero-order valence-corrected chi connectivity index (χ0v) is 36.6. The molecule has 0 aliphatic heterocycles. The Kier molecular flexibility index (Phi) is 10.4. The second-order valence-electron chi connectivity index (χ2n) is 16.7. The Hall–Kier alpha value is -8.78. The summed E-state index contributed by atoms with van der Waals surface area (Å²) in [5, 5.41) is 15.5. The predicted octanol–water partition coefficient (Wildman–Crippen LogP) is 16.0. The summed E-state index contributed by atoms with van der Waals surface area (Å²) in [7, 11) is 0. The maximum atomic E-state index is 10.8. The van der Waals surface area contributed by atoms with Gasteiger partial charge in [-0.1, -0.05) is 212 Å². The quantitative estimate of drug-likeness (QED) is 0.153. The van der Waals surface area contributed by atoms with Crippen LogP contribution in [-0.4, -0.2) is 15.0 Å². The lowest BCUT2D eigenvalue weighted by Crippen LogP contribution is -2.00. The SMILES string of the molecule is Cc1c(-c2cccc3ccccc23)cc(-c2ccccc2)nc1-c1ccc(-c2cccc(-c3ccc(-c4nc(-c5ccccc5)nc(-c5cccc6ccccc56)c4C)cc3)c2C#N)cc1. The van der Waals surface area contributed by atoms with Gasteiger partial charge in [-0.2, -0.15) is 5.26 Å². The normalized spacial score (nSPS) is 11.2. The standard InChI is InChI=1S/C62H42N4/c1-40-56(54-28-13-22-42-16-9-11-24-50(42)54)38-58(46-18-5-3-6-19-46)64-59(40)47-34-30-44(31-35-47)52-26-15-27-53(57(52)39-63)45-32-36-48(37-33-45)60-41(2)61(66-62(65-60)49-20-7-4-8-21-49)55-29-14-23-43-17-10-12-25-51(43)55/h3-38H,1-2H3. The van der Waals surface area contributed by atoms with Gasteiger partial charge in [0.15, 0.2) is 5.82 Å². The molecule has 310 valence electrons. The Morgan fingerprint density at radius 1 is 0.333 bits per heavy atom. The summed E-state index contributed by atoms with van der Waals surface area (Å²) in [6.45, 7) is 4.28. The van der Waals surface area contributed by atoms with Gasteiger partial charge in [0.05, 0.1) is 28.3 Å². The maximum Gasteiger partial charge on any atom is 0.160 e. The van der Waals surface area contributed by atoms with E-state index in [4.69, 9.17) is 15.0 Å². The van der Waals surface area contributed by atoms with Gasteiger partial charge in [-0.3, -0.25) is 0 Å². The minimum absolute atomic E-state index is 0.624. The molecule has 0 N–H and O–H groups in total. The number of hydrogen-bond donors (Lipinski definition) is 0. The molecule has 0 aliphatic rings. The van der Waals surface area contributed by atoms with E-state index >= 15 is 0 Å². The molecule has 0 spiro atoms. The average molecular weight is 843 g/mol. The molecule has 0 radical (unpaired) electrons. The van der Waals surface area contributed by atoms with Crippen LogP contribution in [0.2, 0.25) is 0 Å². The van der Waals surface area contributed by atoms with E-state index < -0.39 is 0 Å². The Labute approximate surface area is 384 Å². The molecule has 0 bridgehead atoms. The van der Waals surface area contributed by atoms with E-state index in [2.05, 4.69) is 196 Å². The first-order valence-corrected chi connectivity index (χ1v) is 22.2. The van der Waals surface area contributed by atoms with Gasteiger partial charge in [0.25, 0.3) is 0 Å².